The molecule has 44 heavy (non-hydrogen) atoms. The van der Waals surface area contributed by atoms with Crippen molar-refractivity contribution < 1.29 is 51.9 Å². The van der Waals surface area contributed by atoms with Crippen LogP contribution < -0.4 is 10.6 Å². The van der Waals surface area contributed by atoms with E-state index in [1.807, 2.05) is 0 Å². The van der Waals surface area contributed by atoms with E-state index in [1.165, 1.54) is 50.6 Å². The minimum Gasteiger partial charge on any atom is -0.382 e. The Morgan fingerprint density at radius 3 is 1.39 bits per heavy atom. The molecule has 0 saturated heterocycles. The molecule has 0 bridgehead atoms. The quantitative estimate of drug-likeness (QED) is 0.194. The molecule has 2 atom stereocenters. The van der Waals surface area contributed by atoms with Gasteiger partial charge in [0, 0.05) is 59.4 Å². The van der Waals surface area contributed by atoms with Gasteiger partial charge in [0.25, 0.3) is 0 Å². The summed E-state index contributed by atoms with van der Waals surface area (Å²) >= 11 is 0. The van der Waals surface area contributed by atoms with E-state index in [2.05, 4.69) is 10.6 Å². The molecule has 0 spiro atoms. The van der Waals surface area contributed by atoms with Crippen molar-refractivity contribution in [3.63, 3.8) is 0 Å². The van der Waals surface area contributed by atoms with Crippen LogP contribution in [0.15, 0.2) is 46.2 Å². The molecule has 0 aliphatic heterocycles. The molecular weight excluding hydrogens is 596 g/mol. The fourth-order valence-electron chi connectivity index (χ4n) is 4.77. The number of ether oxygens (including phenoxy) is 4. The highest BCUT2D eigenvalue weighted by Gasteiger charge is 2.45. The van der Waals surface area contributed by atoms with Crippen molar-refractivity contribution in [3.05, 3.63) is 58.7 Å². The van der Waals surface area contributed by atoms with Crippen molar-refractivity contribution >= 4 is 45.7 Å². The molecule has 0 fully saturated rings. The Balaban J connectivity index is 1.42. The minimum absolute atomic E-state index is 0.0345. The summed E-state index contributed by atoms with van der Waals surface area (Å²) in [4.78, 5) is 77.4. The van der Waals surface area contributed by atoms with Gasteiger partial charge in [0.2, 0.25) is 11.8 Å². The molecule has 13 nitrogen and oxygen atoms in total. The van der Waals surface area contributed by atoms with Crippen LogP contribution in [0.2, 0.25) is 0 Å². The number of hydrogen-bond donors (Lipinski definition) is 2. The second-order valence-corrected chi connectivity index (χ2v) is 11.3. The number of amides is 2. The maximum atomic E-state index is 13.5. The van der Waals surface area contributed by atoms with Gasteiger partial charge in [-0.05, 0) is 36.4 Å². The SMILES string of the molecule is COCCOCCNC(=O)C1C(=O)c2ccc(S(=O)c3ccc4c(c3)C(=O)C(C(=O)NCCOCCOC)C4=O)cc2C1=O. The number of carbonyl (C=O) groups is 6. The summed E-state index contributed by atoms with van der Waals surface area (Å²) in [5, 5.41) is 5.04. The molecule has 2 aliphatic rings. The summed E-state index contributed by atoms with van der Waals surface area (Å²) in [7, 11) is 1.13. The average Bonchev–Trinajstić information content (AvgIpc) is 3.43. The molecule has 2 aromatic carbocycles. The first-order valence-corrected chi connectivity index (χ1v) is 14.9. The Bertz CT molecular complexity index is 1400. The first kappa shape index (κ1) is 33.0. The zero-order valence-electron chi connectivity index (χ0n) is 24.2. The third-order valence-electron chi connectivity index (χ3n) is 7.00. The van der Waals surface area contributed by atoms with Crippen molar-refractivity contribution in [2.45, 2.75) is 9.79 Å². The van der Waals surface area contributed by atoms with Gasteiger partial charge in [-0.1, -0.05) is 0 Å². The number of Topliss-reactive ketones (excluding diaryl/α,β-unsaturated/α-hetero) is 4. The molecule has 2 aromatic rings. The fraction of sp³-hybridized carbons (Fsp3) is 0.400. The lowest BCUT2D eigenvalue weighted by molar-refractivity contribution is -0.123. The first-order valence-electron chi connectivity index (χ1n) is 13.8. The number of ketones is 4. The number of benzene rings is 2. The zero-order valence-corrected chi connectivity index (χ0v) is 25.0. The predicted octanol–water partition coefficient (Wildman–Crippen LogP) is 0.402. The summed E-state index contributed by atoms with van der Waals surface area (Å²) in [6.07, 6.45) is 0. The number of fused-ring (bicyclic) bond motifs is 2. The highest BCUT2D eigenvalue weighted by atomic mass is 32.2. The standard InChI is InChI=1S/C30H32N2O11S/c1-40-11-13-42-9-7-31-29(37)23-25(33)19-5-3-17(15-21(19)27(23)35)44(39)18-4-6-20-22(16-18)28(36)24(26(20)34)30(38)32-8-10-43-14-12-41-2/h3-6,15-16,23-24H,7-14H2,1-2H3,(H,31,37)(H,32,38). The number of hydrogen-bond acceptors (Lipinski definition) is 11. The van der Waals surface area contributed by atoms with Crippen LogP contribution in [0.3, 0.4) is 0 Å². The molecule has 2 aliphatic carbocycles. The number of methoxy groups -OCH3 is 2. The van der Waals surface area contributed by atoms with Crippen molar-refractivity contribution in [1.82, 2.24) is 10.6 Å². The van der Waals surface area contributed by atoms with Gasteiger partial charge in [-0.25, -0.2) is 4.21 Å². The van der Waals surface area contributed by atoms with E-state index < -0.39 is 57.6 Å². The Kier molecular flexibility index (Phi) is 11.4. The van der Waals surface area contributed by atoms with Gasteiger partial charge >= 0.3 is 0 Å². The minimum atomic E-state index is -1.93. The van der Waals surface area contributed by atoms with Gasteiger partial charge in [-0.3, -0.25) is 28.8 Å². The van der Waals surface area contributed by atoms with Gasteiger partial charge in [-0.15, -0.1) is 0 Å². The molecule has 2 unspecified atom stereocenters. The fourth-order valence-corrected chi connectivity index (χ4v) is 5.88. The predicted molar refractivity (Wildman–Crippen MR) is 153 cm³/mol. The molecule has 0 radical (unpaired) electrons. The molecule has 2 amide bonds. The van der Waals surface area contributed by atoms with E-state index in [-0.39, 0.29) is 58.3 Å². The Morgan fingerprint density at radius 1 is 0.614 bits per heavy atom. The van der Waals surface area contributed by atoms with E-state index in [4.69, 9.17) is 18.9 Å². The molecule has 0 saturated carbocycles. The molecule has 0 heterocycles. The van der Waals surface area contributed by atoms with E-state index >= 15 is 0 Å². The maximum Gasteiger partial charge on any atom is 0.239 e. The van der Waals surface area contributed by atoms with Crippen LogP contribution >= 0.6 is 0 Å². The Labute approximate surface area is 255 Å². The summed E-state index contributed by atoms with van der Waals surface area (Å²) < 4.78 is 33.7. The highest BCUT2D eigenvalue weighted by molar-refractivity contribution is 7.85. The van der Waals surface area contributed by atoms with Crippen LogP contribution in [0, 0.1) is 11.8 Å². The third kappa shape index (κ3) is 7.05. The van der Waals surface area contributed by atoms with Crippen LogP contribution in [0.25, 0.3) is 0 Å². The second-order valence-electron chi connectivity index (χ2n) is 9.80. The molecule has 14 heteroatoms. The molecule has 234 valence electrons. The lowest BCUT2D eigenvalue weighted by Gasteiger charge is -2.09. The topological polar surface area (TPSA) is 180 Å². The third-order valence-corrected chi connectivity index (χ3v) is 8.36. The van der Waals surface area contributed by atoms with E-state index in [1.54, 1.807) is 0 Å². The van der Waals surface area contributed by atoms with Crippen LogP contribution in [0.4, 0.5) is 0 Å². The van der Waals surface area contributed by atoms with Gasteiger partial charge in [0.1, 0.15) is 0 Å². The number of nitrogens with one attached hydrogen (secondary N) is 2. The summed E-state index contributed by atoms with van der Waals surface area (Å²) in [6.45, 7) is 1.96. The van der Waals surface area contributed by atoms with E-state index in [9.17, 15) is 33.0 Å². The maximum absolute atomic E-state index is 13.5. The van der Waals surface area contributed by atoms with Crippen LogP contribution in [-0.4, -0.2) is 106 Å². The molecular formula is C30H32N2O11S. The average molecular weight is 629 g/mol. The number of carbonyl (C=O) groups excluding carboxylic acids is 6. The lowest BCUT2D eigenvalue weighted by Crippen LogP contribution is -2.38. The summed E-state index contributed by atoms with van der Waals surface area (Å²) in [5.41, 5.74) is 0.0141. The van der Waals surface area contributed by atoms with Crippen molar-refractivity contribution in [2.75, 3.05) is 67.0 Å². The monoisotopic (exact) mass is 628 g/mol. The van der Waals surface area contributed by atoms with Crippen molar-refractivity contribution in [3.8, 4) is 0 Å². The number of rotatable bonds is 16. The zero-order chi connectivity index (χ0) is 31.8. The summed E-state index contributed by atoms with van der Waals surface area (Å²) in [6, 6.07) is 8.05. The summed E-state index contributed by atoms with van der Waals surface area (Å²) in [5.74, 6) is -7.38. The normalized spacial score (nSPS) is 17.9. The Hall–Kier alpha value is -3.95. The van der Waals surface area contributed by atoms with Gasteiger partial charge < -0.3 is 29.6 Å². The Morgan fingerprint density at radius 2 is 1.00 bits per heavy atom. The van der Waals surface area contributed by atoms with Gasteiger partial charge in [0.05, 0.1) is 50.4 Å². The molecule has 4 rings (SSSR count). The van der Waals surface area contributed by atoms with Crippen LogP contribution in [0.5, 0.6) is 0 Å². The van der Waals surface area contributed by atoms with Gasteiger partial charge in [0.15, 0.2) is 35.0 Å². The van der Waals surface area contributed by atoms with E-state index in [0.29, 0.717) is 26.4 Å². The van der Waals surface area contributed by atoms with Gasteiger partial charge in [-0.2, -0.15) is 0 Å². The second kappa shape index (κ2) is 15.2. The van der Waals surface area contributed by atoms with Crippen LogP contribution in [-0.2, 0) is 39.3 Å². The van der Waals surface area contributed by atoms with Crippen molar-refractivity contribution in [2.24, 2.45) is 11.8 Å². The van der Waals surface area contributed by atoms with Crippen LogP contribution in [0.1, 0.15) is 41.4 Å². The first-order chi connectivity index (χ1) is 21.2. The largest absolute Gasteiger partial charge is 0.382 e. The molecule has 2 N–H and O–H groups in total. The molecule has 0 aromatic heterocycles. The van der Waals surface area contributed by atoms with E-state index in [0.717, 1.165) is 0 Å². The highest BCUT2D eigenvalue weighted by Crippen LogP contribution is 2.32. The van der Waals surface area contributed by atoms with Crippen molar-refractivity contribution in [1.29, 1.82) is 0 Å². The lowest BCUT2D eigenvalue weighted by atomic mass is 10.0. The smallest absolute Gasteiger partial charge is 0.239 e.